The van der Waals surface area contributed by atoms with Gasteiger partial charge in [0.1, 0.15) is 0 Å². The van der Waals surface area contributed by atoms with Gasteiger partial charge in [0.05, 0.1) is 18.2 Å². The van der Waals surface area contributed by atoms with Crippen LogP contribution in [0.25, 0.3) is 0 Å². The first-order valence-electron chi connectivity index (χ1n) is 6.25. The molecule has 0 spiro atoms. The molecule has 2 heterocycles. The summed E-state index contributed by atoms with van der Waals surface area (Å²) in [7, 11) is 0. The molecule has 0 aromatic heterocycles. The van der Waals surface area contributed by atoms with Gasteiger partial charge in [0.25, 0.3) is 0 Å². The molecule has 16 heavy (non-hydrogen) atoms. The van der Waals surface area contributed by atoms with Crippen LogP contribution in [0.1, 0.15) is 39.5 Å². The fourth-order valence-corrected chi connectivity index (χ4v) is 2.50. The van der Waals surface area contributed by atoms with Crippen molar-refractivity contribution in [3.05, 3.63) is 0 Å². The maximum Gasteiger partial charge on any atom is 0.237 e. The monoisotopic (exact) mass is 226 g/mol. The second-order valence-electron chi connectivity index (χ2n) is 5.40. The molecule has 2 N–H and O–H groups in total. The Balaban J connectivity index is 1.87. The first-order valence-corrected chi connectivity index (χ1v) is 6.25. The lowest BCUT2D eigenvalue weighted by atomic mass is 9.96. The lowest BCUT2D eigenvalue weighted by Crippen LogP contribution is -2.56. The molecule has 2 aliphatic rings. The van der Waals surface area contributed by atoms with Crippen molar-refractivity contribution in [1.82, 2.24) is 10.6 Å². The van der Waals surface area contributed by atoms with Crippen LogP contribution < -0.4 is 10.6 Å². The van der Waals surface area contributed by atoms with Crippen molar-refractivity contribution < 1.29 is 9.53 Å². The van der Waals surface area contributed by atoms with E-state index in [4.69, 9.17) is 4.74 Å². The molecule has 2 aliphatic heterocycles. The van der Waals surface area contributed by atoms with Gasteiger partial charge in [-0.15, -0.1) is 0 Å². The van der Waals surface area contributed by atoms with E-state index >= 15 is 0 Å². The lowest BCUT2D eigenvalue weighted by Gasteiger charge is -2.31. The number of hydrogen-bond acceptors (Lipinski definition) is 3. The second-order valence-corrected chi connectivity index (χ2v) is 5.40. The smallest absolute Gasteiger partial charge is 0.237 e. The molecule has 2 fully saturated rings. The number of ether oxygens (including phenoxy) is 1. The molecule has 4 nitrogen and oxygen atoms in total. The minimum atomic E-state index is -0.153. The van der Waals surface area contributed by atoms with Crippen molar-refractivity contribution in [2.45, 2.75) is 57.2 Å². The Morgan fingerprint density at radius 3 is 2.94 bits per heavy atom. The van der Waals surface area contributed by atoms with E-state index in [9.17, 15) is 4.79 Å². The van der Waals surface area contributed by atoms with E-state index in [-0.39, 0.29) is 17.5 Å². The highest BCUT2D eigenvalue weighted by Crippen LogP contribution is 2.19. The van der Waals surface area contributed by atoms with Crippen molar-refractivity contribution >= 4 is 5.91 Å². The molecule has 3 unspecified atom stereocenters. The molecule has 1 amide bonds. The van der Waals surface area contributed by atoms with Crippen LogP contribution in [-0.2, 0) is 9.53 Å². The van der Waals surface area contributed by atoms with Crippen molar-refractivity contribution in [1.29, 1.82) is 0 Å². The fourth-order valence-electron chi connectivity index (χ4n) is 2.50. The number of rotatable bonds is 2. The molecule has 4 heteroatoms. The van der Waals surface area contributed by atoms with Crippen LogP contribution >= 0.6 is 0 Å². The third kappa shape index (κ3) is 2.74. The topological polar surface area (TPSA) is 50.4 Å². The predicted molar refractivity (Wildman–Crippen MR) is 62.2 cm³/mol. The third-order valence-corrected chi connectivity index (χ3v) is 3.58. The van der Waals surface area contributed by atoms with E-state index in [1.807, 2.05) is 0 Å². The predicted octanol–water partition coefficient (Wildman–Crippen LogP) is 0.812. The van der Waals surface area contributed by atoms with E-state index in [2.05, 4.69) is 24.5 Å². The summed E-state index contributed by atoms with van der Waals surface area (Å²) < 4.78 is 5.33. The molecule has 0 saturated carbocycles. The number of amides is 1. The number of carbonyl (C=O) groups is 1. The Bertz CT molecular complexity index is 262. The summed E-state index contributed by atoms with van der Waals surface area (Å²) in [6.07, 6.45) is 4.18. The quantitative estimate of drug-likeness (QED) is 0.732. The van der Waals surface area contributed by atoms with Crippen molar-refractivity contribution in [3.63, 3.8) is 0 Å². The van der Waals surface area contributed by atoms with Crippen LogP contribution in [0, 0.1) is 0 Å². The van der Waals surface area contributed by atoms with Gasteiger partial charge in [-0.2, -0.15) is 0 Å². The lowest BCUT2D eigenvalue weighted by molar-refractivity contribution is -0.125. The molecular formula is C12H22N2O2. The van der Waals surface area contributed by atoms with Crippen LogP contribution in [0.15, 0.2) is 0 Å². The molecule has 0 aliphatic carbocycles. The third-order valence-electron chi connectivity index (χ3n) is 3.58. The van der Waals surface area contributed by atoms with Crippen molar-refractivity contribution in [2.75, 3.05) is 13.2 Å². The van der Waals surface area contributed by atoms with Gasteiger partial charge in [-0.3, -0.25) is 4.79 Å². The Kier molecular flexibility index (Phi) is 3.50. The van der Waals surface area contributed by atoms with Gasteiger partial charge < -0.3 is 15.4 Å². The zero-order chi connectivity index (χ0) is 11.6. The maximum atomic E-state index is 12.1. The molecule has 0 radical (unpaired) electrons. The van der Waals surface area contributed by atoms with Crippen LogP contribution in [0.5, 0.6) is 0 Å². The summed E-state index contributed by atoms with van der Waals surface area (Å²) in [5.74, 6) is 0.138. The van der Waals surface area contributed by atoms with Gasteiger partial charge in [-0.05, 0) is 39.5 Å². The van der Waals surface area contributed by atoms with Gasteiger partial charge in [0.15, 0.2) is 0 Å². The second kappa shape index (κ2) is 4.72. The van der Waals surface area contributed by atoms with Gasteiger partial charge in [0, 0.05) is 12.6 Å². The number of nitrogens with one attached hydrogen (secondary N) is 2. The summed E-state index contributed by atoms with van der Waals surface area (Å²) in [5.41, 5.74) is -0.153. The van der Waals surface area contributed by atoms with Gasteiger partial charge in [-0.25, -0.2) is 0 Å². The zero-order valence-electron chi connectivity index (χ0n) is 10.2. The van der Waals surface area contributed by atoms with E-state index in [0.717, 1.165) is 25.9 Å². The first-order chi connectivity index (χ1) is 7.59. The number of piperidine rings is 1. The zero-order valence-corrected chi connectivity index (χ0v) is 10.2. The highest BCUT2D eigenvalue weighted by molar-refractivity contribution is 5.82. The van der Waals surface area contributed by atoms with Crippen molar-refractivity contribution in [2.24, 2.45) is 0 Å². The van der Waals surface area contributed by atoms with E-state index in [0.29, 0.717) is 12.6 Å². The van der Waals surface area contributed by atoms with E-state index in [1.165, 1.54) is 6.42 Å². The van der Waals surface area contributed by atoms with Gasteiger partial charge in [-0.1, -0.05) is 0 Å². The maximum absolute atomic E-state index is 12.1. The molecule has 2 saturated heterocycles. The summed E-state index contributed by atoms with van der Waals surface area (Å²) in [6.45, 7) is 5.59. The Morgan fingerprint density at radius 2 is 2.31 bits per heavy atom. The van der Waals surface area contributed by atoms with Crippen LogP contribution in [0.4, 0.5) is 0 Å². The highest BCUT2D eigenvalue weighted by atomic mass is 16.5. The average Bonchev–Trinajstić information content (AvgIpc) is 2.65. The Labute approximate surface area is 97.1 Å². The minimum absolute atomic E-state index is 0.0128. The van der Waals surface area contributed by atoms with Crippen molar-refractivity contribution in [3.8, 4) is 0 Å². The molecular weight excluding hydrogens is 204 g/mol. The first kappa shape index (κ1) is 11.9. The fraction of sp³-hybridized carbons (Fsp3) is 0.917. The summed E-state index contributed by atoms with van der Waals surface area (Å²) in [5, 5.41) is 6.47. The van der Waals surface area contributed by atoms with Gasteiger partial charge in [0.2, 0.25) is 5.91 Å². The summed E-state index contributed by atoms with van der Waals surface area (Å²) >= 11 is 0. The molecule has 3 atom stereocenters. The summed E-state index contributed by atoms with van der Waals surface area (Å²) in [6, 6.07) is 0.443. The number of hydrogen-bond donors (Lipinski definition) is 2. The Morgan fingerprint density at radius 1 is 1.50 bits per heavy atom. The molecule has 92 valence electrons. The van der Waals surface area contributed by atoms with E-state index in [1.54, 1.807) is 0 Å². The highest BCUT2D eigenvalue weighted by Gasteiger charge is 2.34. The number of carbonyl (C=O) groups excluding carboxylic acids is 1. The normalized spacial score (nSPS) is 39.6. The largest absolute Gasteiger partial charge is 0.379 e. The molecule has 2 rings (SSSR count). The standard InChI is InChI=1S/C12H22N2O2/c1-9-4-3-5-10(13-9)11(15)14-12(2)6-7-16-8-12/h9-10,13H,3-8H2,1-2H3,(H,14,15). The van der Waals surface area contributed by atoms with Gasteiger partial charge >= 0.3 is 0 Å². The van der Waals surface area contributed by atoms with Crippen LogP contribution in [0.2, 0.25) is 0 Å². The molecule has 0 aromatic carbocycles. The van der Waals surface area contributed by atoms with E-state index < -0.39 is 0 Å². The minimum Gasteiger partial charge on any atom is -0.379 e. The molecule has 0 aromatic rings. The average molecular weight is 226 g/mol. The Hall–Kier alpha value is -0.610. The summed E-state index contributed by atoms with van der Waals surface area (Å²) in [4.78, 5) is 12.1. The van der Waals surface area contributed by atoms with Crippen LogP contribution in [-0.4, -0.2) is 36.7 Å². The van der Waals surface area contributed by atoms with Crippen LogP contribution in [0.3, 0.4) is 0 Å². The molecule has 0 bridgehead atoms. The SMILES string of the molecule is CC1CCCC(C(=O)NC2(C)CCOC2)N1.